The molecule has 1 saturated carbocycles. The van der Waals surface area contributed by atoms with E-state index in [0.717, 1.165) is 5.17 Å². The summed E-state index contributed by atoms with van der Waals surface area (Å²) in [5.41, 5.74) is 0. The maximum absolute atomic E-state index is 9.97. The molecule has 0 radical (unpaired) electrons. The van der Waals surface area contributed by atoms with Gasteiger partial charge in [0.15, 0.2) is 5.17 Å². The molecule has 0 bridgehead atoms. The van der Waals surface area contributed by atoms with Gasteiger partial charge in [-0.15, -0.1) is 0 Å². The van der Waals surface area contributed by atoms with E-state index in [9.17, 15) is 15.3 Å². The zero-order chi connectivity index (χ0) is 11.9. The highest BCUT2D eigenvalue weighted by Crippen LogP contribution is 2.40. The van der Waals surface area contributed by atoms with Gasteiger partial charge in [0.05, 0.1) is 18.2 Å². The summed E-state index contributed by atoms with van der Waals surface area (Å²) in [7, 11) is 1.79. The molecule has 1 aliphatic heterocycles. The summed E-state index contributed by atoms with van der Waals surface area (Å²) < 4.78 is 0. The lowest BCUT2D eigenvalue weighted by atomic mass is 9.78. The summed E-state index contributed by atoms with van der Waals surface area (Å²) in [6.07, 6.45) is -1.69. The second kappa shape index (κ2) is 4.52. The van der Waals surface area contributed by atoms with Crippen LogP contribution in [-0.2, 0) is 0 Å². The van der Waals surface area contributed by atoms with Crippen LogP contribution in [0.15, 0.2) is 4.99 Å². The average Bonchev–Trinajstić information content (AvgIpc) is 2.66. The van der Waals surface area contributed by atoms with E-state index >= 15 is 0 Å². The summed E-state index contributed by atoms with van der Waals surface area (Å²) in [6.45, 7) is 1.65. The third kappa shape index (κ3) is 1.95. The Balaban J connectivity index is 2.14. The molecule has 92 valence electrons. The Kier molecular flexibility index (Phi) is 3.44. The quantitative estimate of drug-likeness (QED) is 0.485. The van der Waals surface area contributed by atoms with Crippen LogP contribution in [0.1, 0.15) is 13.3 Å². The van der Waals surface area contributed by atoms with Crippen LogP contribution in [0.3, 0.4) is 0 Å². The van der Waals surface area contributed by atoms with Crippen LogP contribution in [0.4, 0.5) is 0 Å². The van der Waals surface area contributed by atoms with Gasteiger partial charge >= 0.3 is 0 Å². The Morgan fingerprint density at radius 1 is 1.44 bits per heavy atom. The Labute approximate surface area is 99.0 Å². The first-order chi connectivity index (χ1) is 7.54. The highest BCUT2D eigenvalue weighted by atomic mass is 32.2. The van der Waals surface area contributed by atoms with Crippen molar-refractivity contribution in [3.8, 4) is 0 Å². The van der Waals surface area contributed by atoms with E-state index in [1.807, 2.05) is 0 Å². The first-order valence-electron chi connectivity index (χ1n) is 5.51. The summed E-state index contributed by atoms with van der Waals surface area (Å²) >= 11 is 1.58. The predicted octanol–water partition coefficient (Wildman–Crippen LogP) is -0.832. The molecule has 2 rings (SSSR count). The third-order valence-electron chi connectivity index (χ3n) is 3.39. The van der Waals surface area contributed by atoms with Gasteiger partial charge in [-0.3, -0.25) is 4.99 Å². The predicted molar refractivity (Wildman–Crippen MR) is 63.5 cm³/mol. The molecule has 0 aromatic rings. The number of nitrogens with one attached hydrogen (secondary N) is 1. The lowest BCUT2D eigenvalue weighted by Crippen LogP contribution is -2.53. The van der Waals surface area contributed by atoms with Crippen molar-refractivity contribution in [2.24, 2.45) is 10.9 Å². The number of aliphatic hydroxyl groups is 3. The lowest BCUT2D eigenvalue weighted by Gasteiger charge is -2.39. The SMILES string of the molecule is CNC1=N[C@@H]2[C@@H](O)[C@H](O)[C@@H]([C@H](C)O)C[C@@H]2S1. The lowest BCUT2D eigenvalue weighted by molar-refractivity contribution is -0.0834. The minimum absolute atomic E-state index is 0.153. The molecular weight excluding hydrogens is 228 g/mol. The van der Waals surface area contributed by atoms with E-state index in [-0.39, 0.29) is 17.2 Å². The molecule has 2 aliphatic rings. The van der Waals surface area contributed by atoms with E-state index in [1.54, 1.807) is 25.7 Å². The minimum Gasteiger partial charge on any atom is -0.393 e. The fraction of sp³-hybridized carbons (Fsp3) is 0.900. The first-order valence-corrected chi connectivity index (χ1v) is 6.39. The van der Waals surface area contributed by atoms with Gasteiger partial charge in [0.25, 0.3) is 0 Å². The average molecular weight is 246 g/mol. The molecule has 1 aliphatic carbocycles. The van der Waals surface area contributed by atoms with Gasteiger partial charge in [-0.2, -0.15) is 0 Å². The van der Waals surface area contributed by atoms with Gasteiger partial charge in [-0.25, -0.2) is 0 Å². The second-order valence-corrected chi connectivity index (χ2v) is 5.68. The standard InChI is InChI=1S/C10H18N2O3S/c1-4(13)5-3-6-7(9(15)8(5)14)12-10(11-2)16-6/h4-9,13-15H,3H2,1-2H3,(H,11,12)/t4-,5+,6-,7-,8+,9+/m0/s1. The van der Waals surface area contributed by atoms with Crippen molar-refractivity contribution in [1.82, 2.24) is 5.32 Å². The number of aliphatic imine (C=N–C) groups is 1. The zero-order valence-electron chi connectivity index (χ0n) is 9.37. The number of thioether (sulfide) groups is 1. The fourth-order valence-electron chi connectivity index (χ4n) is 2.41. The van der Waals surface area contributed by atoms with Gasteiger partial charge in [0.1, 0.15) is 6.10 Å². The van der Waals surface area contributed by atoms with E-state index < -0.39 is 18.3 Å². The van der Waals surface area contributed by atoms with Crippen molar-refractivity contribution in [1.29, 1.82) is 0 Å². The molecular formula is C10H18N2O3S. The van der Waals surface area contributed by atoms with Crippen molar-refractivity contribution in [3.05, 3.63) is 0 Å². The number of nitrogens with zero attached hydrogens (tertiary/aromatic N) is 1. The number of rotatable bonds is 1. The van der Waals surface area contributed by atoms with Crippen LogP contribution < -0.4 is 5.32 Å². The molecule has 0 unspecified atom stereocenters. The Morgan fingerprint density at radius 2 is 2.12 bits per heavy atom. The van der Waals surface area contributed by atoms with Crippen molar-refractivity contribution in [2.45, 2.75) is 42.9 Å². The molecule has 4 N–H and O–H groups in total. The van der Waals surface area contributed by atoms with Gasteiger partial charge in [-0.1, -0.05) is 11.8 Å². The van der Waals surface area contributed by atoms with E-state index in [0.29, 0.717) is 6.42 Å². The molecule has 0 spiro atoms. The highest BCUT2D eigenvalue weighted by Gasteiger charge is 2.48. The number of hydrogen-bond acceptors (Lipinski definition) is 6. The van der Waals surface area contributed by atoms with Crippen molar-refractivity contribution >= 4 is 16.9 Å². The summed E-state index contributed by atoms with van der Waals surface area (Å²) in [4.78, 5) is 4.33. The molecule has 1 fully saturated rings. The molecule has 16 heavy (non-hydrogen) atoms. The summed E-state index contributed by atoms with van der Waals surface area (Å²) in [6, 6.07) is -0.252. The van der Waals surface area contributed by atoms with Crippen LogP contribution in [0.5, 0.6) is 0 Å². The third-order valence-corrected chi connectivity index (χ3v) is 4.69. The van der Waals surface area contributed by atoms with Gasteiger partial charge in [0.2, 0.25) is 0 Å². The van der Waals surface area contributed by atoms with Gasteiger partial charge < -0.3 is 20.6 Å². The topological polar surface area (TPSA) is 85.1 Å². The molecule has 0 saturated heterocycles. The van der Waals surface area contributed by atoms with Crippen LogP contribution >= 0.6 is 11.8 Å². The van der Waals surface area contributed by atoms with E-state index in [1.165, 1.54) is 0 Å². The molecule has 5 nitrogen and oxygen atoms in total. The molecule has 6 atom stereocenters. The van der Waals surface area contributed by atoms with E-state index in [2.05, 4.69) is 10.3 Å². The number of amidine groups is 1. The summed E-state index contributed by atoms with van der Waals surface area (Å²) in [5, 5.41) is 33.4. The molecule has 1 heterocycles. The van der Waals surface area contributed by atoms with Gasteiger partial charge in [0, 0.05) is 18.2 Å². The highest BCUT2D eigenvalue weighted by molar-refractivity contribution is 8.14. The number of fused-ring (bicyclic) bond motifs is 1. The van der Waals surface area contributed by atoms with Crippen LogP contribution in [0.25, 0.3) is 0 Å². The largest absolute Gasteiger partial charge is 0.393 e. The fourth-order valence-corrected chi connectivity index (χ4v) is 3.68. The van der Waals surface area contributed by atoms with Crippen LogP contribution in [0.2, 0.25) is 0 Å². The van der Waals surface area contributed by atoms with Crippen LogP contribution in [0, 0.1) is 5.92 Å². The second-order valence-electron chi connectivity index (χ2n) is 4.45. The molecule has 0 amide bonds. The molecule has 0 aromatic heterocycles. The maximum atomic E-state index is 9.97. The normalized spacial score (nSPS) is 44.8. The monoisotopic (exact) mass is 246 g/mol. The molecule has 0 aromatic carbocycles. The van der Waals surface area contributed by atoms with Crippen LogP contribution in [-0.4, -0.2) is 57.1 Å². The van der Waals surface area contributed by atoms with Crippen molar-refractivity contribution < 1.29 is 15.3 Å². The van der Waals surface area contributed by atoms with Gasteiger partial charge in [-0.05, 0) is 13.3 Å². The van der Waals surface area contributed by atoms with E-state index in [4.69, 9.17) is 0 Å². The Hall–Kier alpha value is -0.300. The zero-order valence-corrected chi connectivity index (χ0v) is 10.2. The minimum atomic E-state index is -0.887. The first kappa shape index (κ1) is 12.2. The van der Waals surface area contributed by atoms with Crippen molar-refractivity contribution in [3.63, 3.8) is 0 Å². The number of hydrogen-bond donors (Lipinski definition) is 4. The Morgan fingerprint density at radius 3 is 2.69 bits per heavy atom. The maximum Gasteiger partial charge on any atom is 0.157 e. The number of aliphatic hydroxyl groups excluding tert-OH is 3. The smallest absolute Gasteiger partial charge is 0.157 e. The Bertz CT molecular complexity index is 298. The summed E-state index contributed by atoms with van der Waals surface area (Å²) in [5.74, 6) is -0.268. The van der Waals surface area contributed by atoms with Crippen molar-refractivity contribution in [2.75, 3.05) is 7.05 Å². The molecule has 6 heteroatoms.